The number of rotatable bonds is 3. The molecule has 22 heavy (non-hydrogen) atoms. The summed E-state index contributed by atoms with van der Waals surface area (Å²) >= 11 is 0. The minimum atomic E-state index is -0.398. The van der Waals surface area contributed by atoms with Crippen molar-refractivity contribution < 1.29 is 0 Å². The molecule has 0 fully saturated rings. The van der Waals surface area contributed by atoms with E-state index in [1.54, 1.807) is 37.7 Å². The first-order valence-electron chi connectivity index (χ1n) is 6.94. The second-order valence-corrected chi connectivity index (χ2v) is 5.07. The molecule has 3 heterocycles. The van der Waals surface area contributed by atoms with E-state index in [0.717, 1.165) is 10.1 Å². The van der Waals surface area contributed by atoms with Crippen LogP contribution in [0.3, 0.4) is 0 Å². The summed E-state index contributed by atoms with van der Waals surface area (Å²) in [6, 6.07) is 3.52. The zero-order chi connectivity index (χ0) is 15.7. The van der Waals surface area contributed by atoms with E-state index in [1.807, 2.05) is 6.07 Å². The molecule has 3 rings (SSSR count). The number of nitrogens with zero attached hydrogens (tertiary/aromatic N) is 3. The third kappa shape index (κ3) is 2.18. The second kappa shape index (κ2) is 5.48. The molecule has 0 radical (unpaired) electrons. The highest BCUT2D eigenvalue weighted by atomic mass is 16.2. The summed E-state index contributed by atoms with van der Waals surface area (Å²) in [6.45, 7) is 4.13. The Morgan fingerprint density at radius 1 is 1.41 bits per heavy atom. The van der Waals surface area contributed by atoms with Gasteiger partial charge in [-0.3, -0.25) is 9.36 Å². The predicted molar refractivity (Wildman–Crippen MR) is 84.8 cm³/mol. The van der Waals surface area contributed by atoms with Crippen molar-refractivity contribution in [1.29, 1.82) is 0 Å². The maximum absolute atomic E-state index is 12.6. The number of hydrogen-bond acceptors (Lipinski definition) is 4. The maximum Gasteiger partial charge on any atom is 0.336 e. The van der Waals surface area contributed by atoms with E-state index < -0.39 is 5.69 Å². The highest BCUT2D eigenvalue weighted by Crippen LogP contribution is 2.09. The number of aromatic nitrogens is 3. The first-order chi connectivity index (χ1) is 10.6. The lowest BCUT2D eigenvalue weighted by Crippen LogP contribution is -2.42. The minimum Gasteiger partial charge on any atom is -0.385 e. The van der Waals surface area contributed by atoms with Crippen LogP contribution in [0.5, 0.6) is 0 Å². The van der Waals surface area contributed by atoms with E-state index in [2.05, 4.69) is 16.9 Å². The van der Waals surface area contributed by atoms with Crippen LogP contribution in [0.15, 0.2) is 46.8 Å². The Morgan fingerprint density at radius 3 is 2.91 bits per heavy atom. The molecule has 1 aliphatic heterocycles. The highest BCUT2D eigenvalue weighted by molar-refractivity contribution is 5.53. The molecule has 0 unspecified atom stereocenters. The summed E-state index contributed by atoms with van der Waals surface area (Å²) < 4.78 is 2.58. The topological polar surface area (TPSA) is 68.9 Å². The average molecular weight is 296 g/mol. The zero-order valence-electron chi connectivity index (χ0n) is 12.2. The molecule has 0 aromatic carbocycles. The zero-order valence-corrected chi connectivity index (χ0v) is 12.2. The fourth-order valence-electron chi connectivity index (χ4n) is 2.49. The van der Waals surface area contributed by atoms with Gasteiger partial charge in [-0.2, -0.15) is 0 Å². The highest BCUT2D eigenvalue weighted by Gasteiger charge is 2.18. The molecular weight excluding hydrogens is 280 g/mol. The van der Waals surface area contributed by atoms with Gasteiger partial charge in [0.2, 0.25) is 0 Å². The molecule has 1 N–H and O–H groups in total. The molecule has 6 heteroatoms. The van der Waals surface area contributed by atoms with Crippen molar-refractivity contribution in [3.63, 3.8) is 0 Å². The Labute approximate surface area is 127 Å². The van der Waals surface area contributed by atoms with Gasteiger partial charge in [0.15, 0.2) is 0 Å². The lowest BCUT2D eigenvalue weighted by Gasteiger charge is -2.17. The Kier molecular flexibility index (Phi) is 3.50. The first kappa shape index (κ1) is 14.1. The standard InChI is InChI=1S/C16H16N4O2/c1-3-4-11-5-6-14(18-9-11)20-15(21)12-7-8-17-10-13(12)19(2)16(20)22/h3,5-9,17H,1,4,10H2,2H3. The fourth-order valence-corrected chi connectivity index (χ4v) is 2.49. The molecule has 0 amide bonds. The average Bonchev–Trinajstić information content (AvgIpc) is 2.55. The molecule has 0 bridgehead atoms. The summed E-state index contributed by atoms with van der Waals surface area (Å²) in [6.07, 6.45) is 7.51. The lowest BCUT2D eigenvalue weighted by atomic mass is 10.1. The van der Waals surface area contributed by atoms with E-state index in [1.165, 1.54) is 4.57 Å². The monoisotopic (exact) mass is 296 g/mol. The van der Waals surface area contributed by atoms with Crippen LogP contribution < -0.4 is 16.6 Å². The Balaban J connectivity index is 2.22. The number of pyridine rings is 1. The van der Waals surface area contributed by atoms with E-state index in [-0.39, 0.29) is 5.56 Å². The Hall–Kier alpha value is -2.89. The summed E-state index contributed by atoms with van der Waals surface area (Å²) in [4.78, 5) is 29.3. The number of allylic oxidation sites excluding steroid dienone is 1. The summed E-state index contributed by atoms with van der Waals surface area (Å²) in [5.41, 5.74) is 1.42. The number of nitrogens with one attached hydrogen (secondary N) is 1. The number of hydrogen-bond donors (Lipinski definition) is 1. The normalized spacial score (nSPS) is 12.6. The largest absolute Gasteiger partial charge is 0.385 e. The summed E-state index contributed by atoms with van der Waals surface area (Å²) in [5.74, 6) is 0.327. The van der Waals surface area contributed by atoms with E-state index in [0.29, 0.717) is 30.0 Å². The van der Waals surface area contributed by atoms with Crippen molar-refractivity contribution in [2.24, 2.45) is 7.05 Å². The van der Waals surface area contributed by atoms with E-state index >= 15 is 0 Å². The molecular formula is C16H16N4O2. The van der Waals surface area contributed by atoms with E-state index in [9.17, 15) is 9.59 Å². The van der Waals surface area contributed by atoms with E-state index in [4.69, 9.17) is 0 Å². The number of fused-ring (bicyclic) bond motifs is 1. The molecule has 0 aliphatic carbocycles. The molecule has 0 saturated heterocycles. The molecule has 1 aliphatic rings. The summed E-state index contributed by atoms with van der Waals surface area (Å²) in [7, 11) is 1.66. The van der Waals surface area contributed by atoms with Crippen LogP contribution in [0.25, 0.3) is 11.9 Å². The molecule has 0 spiro atoms. The molecule has 0 atom stereocenters. The fraction of sp³-hybridized carbons (Fsp3) is 0.188. The summed E-state index contributed by atoms with van der Waals surface area (Å²) in [5, 5.41) is 3.00. The quantitative estimate of drug-likeness (QED) is 0.848. The van der Waals surface area contributed by atoms with Crippen LogP contribution in [0, 0.1) is 0 Å². The lowest BCUT2D eigenvalue weighted by molar-refractivity contribution is 0.651. The van der Waals surface area contributed by atoms with Crippen LogP contribution in [0.4, 0.5) is 0 Å². The SMILES string of the molecule is C=CCc1ccc(-n2c(=O)c3c(n(C)c2=O)CNC=C3)nc1. The van der Waals surface area contributed by atoms with Crippen LogP contribution in [-0.4, -0.2) is 14.1 Å². The molecule has 112 valence electrons. The van der Waals surface area contributed by atoms with Gasteiger partial charge in [-0.15, -0.1) is 6.58 Å². The Bertz CT molecular complexity index is 873. The Morgan fingerprint density at radius 2 is 2.23 bits per heavy atom. The maximum atomic E-state index is 12.6. The first-order valence-corrected chi connectivity index (χ1v) is 6.94. The van der Waals surface area contributed by atoms with Gasteiger partial charge in [-0.25, -0.2) is 14.3 Å². The minimum absolute atomic E-state index is 0.327. The molecule has 0 saturated carbocycles. The van der Waals surface area contributed by atoms with Gasteiger partial charge in [-0.05, 0) is 30.3 Å². The molecule has 2 aromatic rings. The van der Waals surface area contributed by atoms with Gasteiger partial charge in [0, 0.05) is 13.2 Å². The molecule has 6 nitrogen and oxygen atoms in total. The van der Waals surface area contributed by atoms with Gasteiger partial charge in [0.1, 0.15) is 5.82 Å². The van der Waals surface area contributed by atoms with Crippen molar-refractivity contribution in [1.82, 2.24) is 19.4 Å². The van der Waals surface area contributed by atoms with Crippen molar-refractivity contribution in [2.75, 3.05) is 0 Å². The third-order valence-electron chi connectivity index (χ3n) is 3.68. The van der Waals surface area contributed by atoms with Crippen molar-refractivity contribution in [2.45, 2.75) is 13.0 Å². The van der Waals surface area contributed by atoms with Crippen LogP contribution in [-0.2, 0) is 20.0 Å². The van der Waals surface area contributed by atoms with Crippen molar-refractivity contribution >= 4 is 6.08 Å². The smallest absolute Gasteiger partial charge is 0.336 e. The van der Waals surface area contributed by atoms with Crippen LogP contribution in [0.1, 0.15) is 16.8 Å². The van der Waals surface area contributed by atoms with Crippen molar-refractivity contribution in [3.8, 4) is 5.82 Å². The van der Waals surface area contributed by atoms with Gasteiger partial charge >= 0.3 is 5.69 Å². The van der Waals surface area contributed by atoms with Gasteiger partial charge in [0.25, 0.3) is 5.56 Å². The van der Waals surface area contributed by atoms with Gasteiger partial charge in [0.05, 0.1) is 17.8 Å². The third-order valence-corrected chi connectivity index (χ3v) is 3.68. The van der Waals surface area contributed by atoms with Crippen LogP contribution in [0.2, 0.25) is 0 Å². The van der Waals surface area contributed by atoms with Crippen molar-refractivity contribution in [3.05, 3.63) is 74.8 Å². The van der Waals surface area contributed by atoms with Gasteiger partial charge < -0.3 is 5.32 Å². The van der Waals surface area contributed by atoms with Crippen LogP contribution >= 0.6 is 0 Å². The van der Waals surface area contributed by atoms with Gasteiger partial charge in [-0.1, -0.05) is 12.1 Å². The predicted octanol–water partition coefficient (Wildman–Crippen LogP) is 0.734. The second-order valence-electron chi connectivity index (χ2n) is 5.07. The molecule has 2 aromatic heterocycles.